The first-order valence-corrected chi connectivity index (χ1v) is 4.55. The number of hydrogen-bond acceptors (Lipinski definition) is 3. The van der Waals surface area contributed by atoms with Gasteiger partial charge in [-0.2, -0.15) is 0 Å². The Balaban J connectivity index is 3.31. The number of hydrogen-bond donors (Lipinski definition) is 1. The van der Waals surface area contributed by atoms with Gasteiger partial charge in [-0.1, -0.05) is 32.6 Å². The Labute approximate surface area is 74.3 Å². The number of nitrogens with two attached hydrogens (primary N) is 1. The second-order valence-corrected chi connectivity index (χ2v) is 2.98. The number of carbonyl (C=O) groups excluding carboxylic acids is 1. The summed E-state index contributed by atoms with van der Waals surface area (Å²) in [5.41, 5.74) is 5.54. The normalized spacial score (nSPS) is 12.6. The van der Waals surface area contributed by atoms with Crippen LogP contribution in [0.5, 0.6) is 0 Å². The van der Waals surface area contributed by atoms with E-state index in [1.54, 1.807) is 0 Å². The molecule has 0 bridgehead atoms. The highest BCUT2D eigenvalue weighted by molar-refractivity contribution is 5.75. The minimum atomic E-state index is -0.424. The summed E-state index contributed by atoms with van der Waals surface area (Å²) in [6.07, 6.45) is 5.33. The molecule has 0 spiro atoms. The first-order valence-electron chi connectivity index (χ1n) is 4.55. The molecule has 12 heavy (non-hydrogen) atoms. The lowest BCUT2D eigenvalue weighted by molar-refractivity contribution is -0.142. The van der Waals surface area contributed by atoms with Crippen molar-refractivity contribution in [1.29, 1.82) is 0 Å². The molecule has 0 aliphatic carbocycles. The Kier molecular flexibility index (Phi) is 6.76. The molecular weight excluding hydrogens is 154 g/mol. The van der Waals surface area contributed by atoms with Gasteiger partial charge in [-0.3, -0.25) is 4.79 Å². The van der Waals surface area contributed by atoms with Crippen molar-refractivity contribution in [3.8, 4) is 0 Å². The summed E-state index contributed by atoms with van der Waals surface area (Å²) in [5, 5.41) is 0. The molecule has 0 saturated carbocycles. The van der Waals surface area contributed by atoms with Crippen molar-refractivity contribution in [2.45, 2.75) is 45.1 Å². The van der Waals surface area contributed by atoms with Crippen LogP contribution in [0.3, 0.4) is 0 Å². The van der Waals surface area contributed by atoms with E-state index in [9.17, 15) is 4.79 Å². The summed E-state index contributed by atoms with van der Waals surface area (Å²) in [7, 11) is 1.37. The second kappa shape index (κ2) is 7.10. The Hall–Kier alpha value is -0.570. The summed E-state index contributed by atoms with van der Waals surface area (Å²) >= 11 is 0. The Morgan fingerprint density at radius 1 is 1.42 bits per heavy atom. The number of ether oxygens (including phenoxy) is 1. The number of carbonyl (C=O) groups is 1. The summed E-state index contributed by atoms with van der Waals surface area (Å²) in [6.45, 7) is 2.15. The number of rotatable bonds is 6. The van der Waals surface area contributed by atoms with Gasteiger partial charge in [0.1, 0.15) is 6.04 Å². The lowest BCUT2D eigenvalue weighted by Crippen LogP contribution is -2.31. The fourth-order valence-corrected chi connectivity index (χ4v) is 1.06. The Bertz CT molecular complexity index is 126. The van der Waals surface area contributed by atoms with E-state index in [1.807, 2.05) is 0 Å². The van der Waals surface area contributed by atoms with Crippen LogP contribution in [-0.4, -0.2) is 19.1 Å². The van der Waals surface area contributed by atoms with Gasteiger partial charge in [0.05, 0.1) is 7.11 Å². The zero-order valence-corrected chi connectivity index (χ0v) is 8.01. The van der Waals surface area contributed by atoms with E-state index >= 15 is 0 Å². The van der Waals surface area contributed by atoms with E-state index < -0.39 is 6.04 Å². The Morgan fingerprint density at radius 2 is 2.08 bits per heavy atom. The summed E-state index contributed by atoms with van der Waals surface area (Å²) in [4.78, 5) is 10.8. The zero-order chi connectivity index (χ0) is 9.40. The molecule has 0 fully saturated rings. The van der Waals surface area contributed by atoms with Gasteiger partial charge in [-0.15, -0.1) is 0 Å². The van der Waals surface area contributed by atoms with Crippen molar-refractivity contribution in [3.63, 3.8) is 0 Å². The molecule has 3 nitrogen and oxygen atoms in total. The first-order chi connectivity index (χ1) is 5.72. The van der Waals surface area contributed by atoms with Crippen molar-refractivity contribution in [2.24, 2.45) is 5.73 Å². The van der Waals surface area contributed by atoms with Gasteiger partial charge < -0.3 is 10.5 Å². The highest BCUT2D eigenvalue weighted by Gasteiger charge is 2.11. The number of methoxy groups -OCH3 is 1. The van der Waals surface area contributed by atoms with E-state index in [0.717, 1.165) is 19.3 Å². The summed E-state index contributed by atoms with van der Waals surface area (Å²) in [6, 6.07) is -0.424. The molecule has 0 heterocycles. The number of esters is 1. The van der Waals surface area contributed by atoms with Gasteiger partial charge in [-0.05, 0) is 6.42 Å². The first kappa shape index (κ1) is 11.4. The van der Waals surface area contributed by atoms with Gasteiger partial charge in [0.2, 0.25) is 0 Å². The lowest BCUT2D eigenvalue weighted by atomic mass is 10.1. The molecule has 0 aromatic carbocycles. The molecule has 1 atom stereocenters. The molecule has 0 aliphatic rings. The van der Waals surface area contributed by atoms with Crippen LogP contribution in [0.4, 0.5) is 0 Å². The highest BCUT2D eigenvalue weighted by atomic mass is 16.5. The lowest BCUT2D eigenvalue weighted by Gasteiger charge is -2.07. The van der Waals surface area contributed by atoms with E-state index in [2.05, 4.69) is 11.7 Å². The average molecular weight is 173 g/mol. The third-order valence-electron chi connectivity index (χ3n) is 1.87. The molecule has 0 aliphatic heterocycles. The van der Waals surface area contributed by atoms with E-state index in [1.165, 1.54) is 20.0 Å². The molecule has 72 valence electrons. The van der Waals surface area contributed by atoms with Crippen molar-refractivity contribution in [3.05, 3.63) is 0 Å². The van der Waals surface area contributed by atoms with Crippen LogP contribution in [0.1, 0.15) is 39.0 Å². The predicted molar refractivity (Wildman–Crippen MR) is 48.8 cm³/mol. The number of unbranched alkanes of at least 4 members (excludes halogenated alkanes) is 3. The molecule has 0 amide bonds. The van der Waals surface area contributed by atoms with Crippen molar-refractivity contribution >= 4 is 5.97 Å². The van der Waals surface area contributed by atoms with Crippen LogP contribution in [0.15, 0.2) is 0 Å². The Morgan fingerprint density at radius 3 is 2.58 bits per heavy atom. The van der Waals surface area contributed by atoms with E-state index in [0.29, 0.717) is 0 Å². The largest absolute Gasteiger partial charge is 0.468 e. The quantitative estimate of drug-likeness (QED) is 0.488. The summed E-state index contributed by atoms with van der Waals surface area (Å²) in [5.74, 6) is -0.300. The van der Waals surface area contributed by atoms with Gasteiger partial charge in [0.25, 0.3) is 0 Å². The molecule has 0 radical (unpaired) electrons. The molecule has 0 aromatic rings. The van der Waals surface area contributed by atoms with Crippen molar-refractivity contribution < 1.29 is 9.53 Å². The molecule has 0 unspecified atom stereocenters. The minimum absolute atomic E-state index is 0.300. The predicted octanol–water partition coefficient (Wildman–Crippen LogP) is 1.46. The average Bonchev–Trinajstić information content (AvgIpc) is 2.10. The third kappa shape index (κ3) is 5.13. The smallest absolute Gasteiger partial charge is 0.322 e. The monoisotopic (exact) mass is 173 g/mol. The van der Waals surface area contributed by atoms with Crippen molar-refractivity contribution in [1.82, 2.24) is 0 Å². The fourth-order valence-electron chi connectivity index (χ4n) is 1.06. The van der Waals surface area contributed by atoms with Gasteiger partial charge in [0, 0.05) is 0 Å². The topological polar surface area (TPSA) is 52.3 Å². The third-order valence-corrected chi connectivity index (χ3v) is 1.87. The molecule has 2 N–H and O–H groups in total. The molecule has 0 rings (SSSR count). The fraction of sp³-hybridized carbons (Fsp3) is 0.889. The van der Waals surface area contributed by atoms with Crippen LogP contribution in [0.25, 0.3) is 0 Å². The molecular formula is C9H19NO2. The molecule has 0 aromatic heterocycles. The maximum atomic E-state index is 10.8. The highest BCUT2D eigenvalue weighted by Crippen LogP contribution is 2.04. The van der Waals surface area contributed by atoms with E-state index in [-0.39, 0.29) is 5.97 Å². The van der Waals surface area contributed by atoms with Crippen molar-refractivity contribution in [2.75, 3.05) is 7.11 Å². The van der Waals surface area contributed by atoms with Gasteiger partial charge >= 0.3 is 5.97 Å². The molecule has 3 heteroatoms. The molecule has 0 saturated heterocycles. The van der Waals surface area contributed by atoms with E-state index in [4.69, 9.17) is 5.73 Å². The van der Waals surface area contributed by atoms with Crippen LogP contribution in [0.2, 0.25) is 0 Å². The summed E-state index contributed by atoms with van der Waals surface area (Å²) < 4.78 is 4.51. The van der Waals surface area contributed by atoms with Crippen LogP contribution in [-0.2, 0) is 9.53 Å². The van der Waals surface area contributed by atoms with Gasteiger partial charge in [-0.25, -0.2) is 0 Å². The minimum Gasteiger partial charge on any atom is -0.468 e. The second-order valence-electron chi connectivity index (χ2n) is 2.98. The van der Waals surface area contributed by atoms with Crippen LogP contribution < -0.4 is 5.73 Å². The van der Waals surface area contributed by atoms with Gasteiger partial charge in [0.15, 0.2) is 0 Å². The SMILES string of the molecule is CCCCCC[C@@H](N)C(=O)OC. The van der Waals surface area contributed by atoms with Crippen LogP contribution in [0, 0.1) is 0 Å². The standard InChI is InChI=1S/C9H19NO2/c1-3-4-5-6-7-8(10)9(11)12-2/h8H,3-7,10H2,1-2H3/t8-/m1/s1. The maximum Gasteiger partial charge on any atom is 0.322 e. The van der Waals surface area contributed by atoms with Crippen LogP contribution >= 0.6 is 0 Å². The zero-order valence-electron chi connectivity index (χ0n) is 8.01. The maximum absolute atomic E-state index is 10.8.